The van der Waals surface area contributed by atoms with E-state index in [9.17, 15) is 18.3 Å². The molecule has 0 radical (unpaired) electrons. The lowest BCUT2D eigenvalue weighted by molar-refractivity contribution is -0.142. The van der Waals surface area contributed by atoms with E-state index in [1.54, 1.807) is 30.3 Å². The van der Waals surface area contributed by atoms with Crippen molar-refractivity contribution in [1.82, 2.24) is 5.32 Å². The Kier molecular flexibility index (Phi) is 7.30. The molecule has 0 saturated carbocycles. The summed E-state index contributed by atoms with van der Waals surface area (Å²) in [6.45, 7) is 2.35. The lowest BCUT2D eigenvalue weighted by Crippen LogP contribution is -2.47. The van der Waals surface area contributed by atoms with Gasteiger partial charge in [0.2, 0.25) is 5.91 Å². The van der Waals surface area contributed by atoms with Gasteiger partial charge in [-0.05, 0) is 43.2 Å². The summed E-state index contributed by atoms with van der Waals surface area (Å²) >= 11 is 0. The van der Waals surface area contributed by atoms with Crippen molar-refractivity contribution in [2.75, 3.05) is 25.0 Å². The van der Waals surface area contributed by atoms with Crippen molar-refractivity contribution >= 4 is 21.6 Å². The Morgan fingerprint density at radius 3 is 2.79 bits per heavy atom. The number of nitrogens with one attached hydrogen (secondary N) is 2. The van der Waals surface area contributed by atoms with Crippen LogP contribution in [0, 0.1) is 0 Å². The molecule has 0 bridgehead atoms. The Hall–Kier alpha value is -2.82. The van der Waals surface area contributed by atoms with Gasteiger partial charge in [-0.25, -0.2) is 8.42 Å². The minimum Gasteiger partial charge on any atom is -0.497 e. The van der Waals surface area contributed by atoms with E-state index in [4.69, 9.17) is 14.2 Å². The Bertz CT molecular complexity index is 1140. The number of methoxy groups -OCH3 is 1. The van der Waals surface area contributed by atoms with E-state index in [2.05, 4.69) is 10.0 Å². The molecule has 4 rings (SSSR count). The van der Waals surface area contributed by atoms with Gasteiger partial charge in [0.05, 0.1) is 31.1 Å². The average Bonchev–Trinajstić information content (AvgIpc) is 3.20. The van der Waals surface area contributed by atoms with E-state index in [0.717, 1.165) is 12.0 Å². The number of benzene rings is 2. The molecule has 4 atom stereocenters. The average molecular weight is 491 g/mol. The lowest BCUT2D eigenvalue weighted by atomic mass is 9.84. The van der Waals surface area contributed by atoms with Crippen LogP contribution in [0.15, 0.2) is 47.4 Å². The van der Waals surface area contributed by atoms with Crippen LogP contribution in [0.2, 0.25) is 0 Å². The number of carbonyl (C=O) groups is 1. The first-order valence-electron chi connectivity index (χ1n) is 11.3. The molecular formula is C24H30N2O7S. The highest BCUT2D eigenvalue weighted by atomic mass is 32.2. The van der Waals surface area contributed by atoms with Crippen LogP contribution in [0.3, 0.4) is 0 Å². The van der Waals surface area contributed by atoms with Gasteiger partial charge in [0.15, 0.2) is 0 Å². The molecule has 10 heteroatoms. The summed E-state index contributed by atoms with van der Waals surface area (Å²) < 4.78 is 45.6. The molecule has 1 fully saturated rings. The normalized spacial score (nSPS) is 23.4. The van der Waals surface area contributed by atoms with E-state index in [1.165, 1.54) is 19.2 Å². The van der Waals surface area contributed by atoms with Gasteiger partial charge in [-0.1, -0.05) is 13.0 Å². The highest BCUT2D eigenvalue weighted by Crippen LogP contribution is 2.47. The van der Waals surface area contributed by atoms with Crippen molar-refractivity contribution < 1.29 is 32.5 Å². The SMILES string of the molecule is CCCNC(=O)C[C@@H]1C[C@@H]2c3cc(NS(=O)(=O)c4cccc(OC)c4)ccc3O[C@@H]2[C@H](CO)O1. The van der Waals surface area contributed by atoms with Crippen molar-refractivity contribution in [2.45, 2.75) is 55.3 Å². The zero-order valence-corrected chi connectivity index (χ0v) is 20.0. The summed E-state index contributed by atoms with van der Waals surface area (Å²) in [7, 11) is -2.36. The molecule has 184 valence electrons. The van der Waals surface area contributed by atoms with Gasteiger partial charge in [0, 0.05) is 29.8 Å². The zero-order chi connectivity index (χ0) is 24.3. The fourth-order valence-electron chi connectivity index (χ4n) is 4.48. The fourth-order valence-corrected chi connectivity index (χ4v) is 5.56. The Balaban J connectivity index is 1.54. The van der Waals surface area contributed by atoms with Gasteiger partial charge in [0.25, 0.3) is 10.0 Å². The quantitative estimate of drug-likeness (QED) is 0.493. The first kappa shape index (κ1) is 24.3. The van der Waals surface area contributed by atoms with Crippen LogP contribution in [0.25, 0.3) is 0 Å². The van der Waals surface area contributed by atoms with Crippen LogP contribution >= 0.6 is 0 Å². The smallest absolute Gasteiger partial charge is 0.262 e. The summed E-state index contributed by atoms with van der Waals surface area (Å²) in [6, 6.07) is 11.3. The summed E-state index contributed by atoms with van der Waals surface area (Å²) in [4.78, 5) is 12.3. The molecule has 0 spiro atoms. The number of sulfonamides is 1. The minimum atomic E-state index is -3.83. The predicted octanol–water partition coefficient (Wildman–Crippen LogP) is 2.41. The second-order valence-corrected chi connectivity index (χ2v) is 10.2. The third kappa shape index (κ3) is 5.13. The Labute approximate surface area is 199 Å². The molecule has 1 amide bonds. The number of rotatable bonds is 9. The standard InChI is InChI=1S/C24H30N2O7S/c1-3-9-25-23(28)13-17-12-20-19-10-15(7-8-21(19)33-24(20)22(14-27)32-17)26-34(29,30)18-6-4-5-16(11-18)31-2/h4-8,10-11,17,20,22,24,26-27H,3,9,12-14H2,1-2H3,(H,25,28)/t17-,20+,22-,24-/m0/s1. The molecule has 0 aliphatic carbocycles. The maximum absolute atomic E-state index is 12.9. The maximum Gasteiger partial charge on any atom is 0.262 e. The Morgan fingerprint density at radius 2 is 2.06 bits per heavy atom. The van der Waals surface area contributed by atoms with Crippen molar-refractivity contribution in [2.24, 2.45) is 0 Å². The molecule has 0 unspecified atom stereocenters. The highest BCUT2D eigenvalue weighted by molar-refractivity contribution is 7.92. The number of hydrogen-bond acceptors (Lipinski definition) is 7. The summed E-state index contributed by atoms with van der Waals surface area (Å²) in [5.41, 5.74) is 1.23. The van der Waals surface area contributed by atoms with Crippen molar-refractivity contribution in [3.05, 3.63) is 48.0 Å². The first-order chi connectivity index (χ1) is 16.3. The molecule has 2 aromatic rings. The van der Waals surface area contributed by atoms with E-state index >= 15 is 0 Å². The Morgan fingerprint density at radius 1 is 1.24 bits per heavy atom. The summed E-state index contributed by atoms with van der Waals surface area (Å²) in [5, 5.41) is 12.7. The minimum absolute atomic E-state index is 0.0889. The van der Waals surface area contributed by atoms with Gasteiger partial charge in [0.1, 0.15) is 23.7 Å². The van der Waals surface area contributed by atoms with Gasteiger partial charge in [-0.15, -0.1) is 0 Å². The van der Waals surface area contributed by atoms with E-state index in [0.29, 0.717) is 30.2 Å². The second kappa shape index (κ2) is 10.2. The van der Waals surface area contributed by atoms with Gasteiger partial charge < -0.3 is 24.6 Å². The van der Waals surface area contributed by atoms with Crippen molar-refractivity contribution in [3.63, 3.8) is 0 Å². The third-order valence-corrected chi connectivity index (χ3v) is 7.47. The monoisotopic (exact) mass is 490 g/mol. The van der Waals surface area contributed by atoms with Crippen LogP contribution < -0.4 is 19.5 Å². The summed E-state index contributed by atoms with van der Waals surface area (Å²) in [6.07, 6.45) is 0.211. The molecular weight excluding hydrogens is 460 g/mol. The van der Waals surface area contributed by atoms with E-state index in [1.807, 2.05) is 6.92 Å². The third-order valence-electron chi connectivity index (χ3n) is 6.09. The van der Waals surface area contributed by atoms with E-state index < -0.39 is 22.2 Å². The van der Waals surface area contributed by atoms with Crippen molar-refractivity contribution in [1.29, 1.82) is 0 Å². The van der Waals surface area contributed by atoms with Crippen molar-refractivity contribution in [3.8, 4) is 11.5 Å². The number of amides is 1. The second-order valence-electron chi connectivity index (χ2n) is 8.49. The van der Waals surface area contributed by atoms with Gasteiger partial charge in [-0.2, -0.15) is 0 Å². The molecule has 2 aliphatic heterocycles. The van der Waals surface area contributed by atoms with Crippen LogP contribution in [-0.2, 0) is 19.6 Å². The molecule has 2 aromatic carbocycles. The molecule has 2 aliphatic rings. The number of fused-ring (bicyclic) bond motifs is 3. The molecule has 1 saturated heterocycles. The largest absolute Gasteiger partial charge is 0.497 e. The lowest BCUT2D eigenvalue weighted by Gasteiger charge is -2.37. The number of ether oxygens (including phenoxy) is 3. The topological polar surface area (TPSA) is 123 Å². The number of hydrogen-bond donors (Lipinski definition) is 3. The molecule has 0 aromatic heterocycles. The zero-order valence-electron chi connectivity index (χ0n) is 19.2. The van der Waals surface area contributed by atoms with E-state index in [-0.39, 0.29) is 35.9 Å². The number of anilines is 1. The molecule has 3 N–H and O–H groups in total. The highest BCUT2D eigenvalue weighted by Gasteiger charge is 2.46. The fraction of sp³-hybridized carbons (Fsp3) is 0.458. The number of carbonyl (C=O) groups excluding carboxylic acids is 1. The van der Waals surface area contributed by atoms with Gasteiger partial charge in [-0.3, -0.25) is 9.52 Å². The van der Waals surface area contributed by atoms with Crippen LogP contribution in [0.5, 0.6) is 11.5 Å². The van der Waals surface area contributed by atoms with Gasteiger partial charge >= 0.3 is 0 Å². The molecule has 9 nitrogen and oxygen atoms in total. The predicted molar refractivity (Wildman–Crippen MR) is 126 cm³/mol. The van der Waals surface area contributed by atoms with Crippen LogP contribution in [0.1, 0.15) is 37.7 Å². The van der Waals surface area contributed by atoms with Crippen LogP contribution in [-0.4, -0.2) is 58.0 Å². The number of aliphatic hydroxyl groups excluding tert-OH is 1. The maximum atomic E-state index is 12.9. The molecule has 34 heavy (non-hydrogen) atoms. The first-order valence-corrected chi connectivity index (χ1v) is 12.8. The molecule has 2 heterocycles. The number of aliphatic hydroxyl groups is 1. The van der Waals surface area contributed by atoms with Crippen LogP contribution in [0.4, 0.5) is 5.69 Å². The summed E-state index contributed by atoms with van der Waals surface area (Å²) in [5.74, 6) is 0.837.